The van der Waals surface area contributed by atoms with Gasteiger partial charge in [0.15, 0.2) is 6.10 Å². The largest absolute Gasteiger partial charge is 0.462 e. The van der Waals surface area contributed by atoms with Crippen LogP contribution in [0.2, 0.25) is 0 Å². The number of unbranched alkanes of at least 4 members (excludes halogenated alkanes) is 29. The average Bonchev–Trinajstić information content (AvgIpc) is 3.16. The predicted octanol–water partition coefficient (Wildman–Crippen LogP) is 15.8. The van der Waals surface area contributed by atoms with E-state index in [2.05, 4.69) is 34.6 Å². The van der Waals surface area contributed by atoms with Crippen molar-refractivity contribution in [2.75, 3.05) is 13.2 Å². The fraction of sp³-hybridized carbons (Fsp3) is 0.940. The topological polar surface area (TPSA) is 78.9 Å². The van der Waals surface area contributed by atoms with Gasteiger partial charge in [0, 0.05) is 19.3 Å². The summed E-state index contributed by atoms with van der Waals surface area (Å²) in [6, 6.07) is 0. The number of ether oxygens (including phenoxy) is 3. The number of carbonyl (C=O) groups is 3. The van der Waals surface area contributed by atoms with Crippen molar-refractivity contribution >= 4 is 17.9 Å². The molecule has 332 valence electrons. The van der Waals surface area contributed by atoms with Crippen molar-refractivity contribution in [2.45, 2.75) is 278 Å². The minimum Gasteiger partial charge on any atom is -0.462 e. The molecule has 0 bridgehead atoms. The predicted molar refractivity (Wildman–Crippen MR) is 238 cm³/mol. The summed E-state index contributed by atoms with van der Waals surface area (Å²) in [6.07, 6.45) is 42.4. The molecule has 0 aliphatic rings. The number of hydrogen-bond donors (Lipinski definition) is 0. The van der Waals surface area contributed by atoms with Gasteiger partial charge in [-0.3, -0.25) is 14.4 Å². The summed E-state index contributed by atoms with van der Waals surface area (Å²) in [5, 5.41) is 0. The molecule has 0 rings (SSSR count). The van der Waals surface area contributed by atoms with Gasteiger partial charge >= 0.3 is 17.9 Å². The lowest BCUT2D eigenvalue weighted by Gasteiger charge is -2.18. The monoisotopic (exact) mass is 793 g/mol. The maximum atomic E-state index is 12.6. The molecule has 0 aliphatic carbocycles. The van der Waals surface area contributed by atoms with E-state index in [4.69, 9.17) is 14.2 Å². The molecule has 0 radical (unpaired) electrons. The third-order valence-corrected chi connectivity index (χ3v) is 11.2. The maximum Gasteiger partial charge on any atom is 0.306 e. The summed E-state index contributed by atoms with van der Waals surface area (Å²) in [7, 11) is 0. The van der Waals surface area contributed by atoms with Gasteiger partial charge in [-0.1, -0.05) is 234 Å². The highest BCUT2D eigenvalue weighted by Gasteiger charge is 2.19. The van der Waals surface area contributed by atoms with Gasteiger partial charge in [-0.2, -0.15) is 0 Å². The summed E-state index contributed by atoms with van der Waals surface area (Å²) in [4.78, 5) is 37.7. The SMILES string of the molecule is CCCCCCCCCC(=O)O[C@@H](COC(=O)CCCCCCCCCCCCCCCC(C)C)COC(=O)CCCCCCCCCCCCCCC(C)C. The first kappa shape index (κ1) is 54.4. The molecule has 0 saturated carbocycles. The van der Waals surface area contributed by atoms with Crippen molar-refractivity contribution in [1.29, 1.82) is 0 Å². The number of hydrogen-bond acceptors (Lipinski definition) is 6. The van der Waals surface area contributed by atoms with E-state index in [1.165, 1.54) is 161 Å². The van der Waals surface area contributed by atoms with Crippen LogP contribution in [0.1, 0.15) is 272 Å². The molecule has 0 aromatic rings. The highest BCUT2D eigenvalue weighted by molar-refractivity contribution is 5.71. The van der Waals surface area contributed by atoms with Crippen LogP contribution in [0.4, 0.5) is 0 Å². The Morgan fingerprint density at radius 1 is 0.339 bits per heavy atom. The van der Waals surface area contributed by atoms with E-state index in [0.717, 1.165) is 69.6 Å². The fourth-order valence-electron chi connectivity index (χ4n) is 7.46. The Morgan fingerprint density at radius 2 is 0.589 bits per heavy atom. The normalized spacial score (nSPS) is 12.1. The zero-order chi connectivity index (χ0) is 41.2. The average molecular weight is 793 g/mol. The lowest BCUT2D eigenvalue weighted by atomic mass is 10.0. The van der Waals surface area contributed by atoms with E-state index in [1.54, 1.807) is 0 Å². The molecule has 6 nitrogen and oxygen atoms in total. The van der Waals surface area contributed by atoms with Crippen LogP contribution >= 0.6 is 0 Å². The van der Waals surface area contributed by atoms with E-state index >= 15 is 0 Å². The molecule has 0 saturated heterocycles. The van der Waals surface area contributed by atoms with Crippen LogP contribution in [0.25, 0.3) is 0 Å². The minimum atomic E-state index is -0.759. The third-order valence-electron chi connectivity index (χ3n) is 11.2. The van der Waals surface area contributed by atoms with Crippen LogP contribution in [0, 0.1) is 11.8 Å². The standard InChI is InChI=1S/C50H96O6/c1-6-7-8-9-23-32-37-42-50(53)56-47(44-55-49(52)41-36-31-27-22-18-14-13-16-20-25-29-34-39-46(4)5)43-54-48(51)40-35-30-26-21-17-12-10-11-15-19-24-28-33-38-45(2)3/h45-47H,6-44H2,1-5H3/t47-/m0/s1. The summed E-state index contributed by atoms with van der Waals surface area (Å²) in [6.45, 7) is 11.3. The van der Waals surface area contributed by atoms with Crippen molar-refractivity contribution in [3.63, 3.8) is 0 Å². The molecule has 0 aromatic carbocycles. The molecular weight excluding hydrogens is 697 g/mol. The minimum absolute atomic E-state index is 0.0645. The fourth-order valence-corrected chi connectivity index (χ4v) is 7.46. The van der Waals surface area contributed by atoms with Gasteiger partial charge in [0.2, 0.25) is 0 Å². The van der Waals surface area contributed by atoms with Gasteiger partial charge in [0.1, 0.15) is 13.2 Å². The number of rotatable bonds is 44. The molecule has 6 heteroatoms. The molecule has 56 heavy (non-hydrogen) atoms. The first-order chi connectivity index (χ1) is 27.2. The third kappa shape index (κ3) is 43.5. The van der Waals surface area contributed by atoms with Gasteiger partial charge in [0.25, 0.3) is 0 Å². The van der Waals surface area contributed by atoms with Crippen LogP contribution in [0.5, 0.6) is 0 Å². The van der Waals surface area contributed by atoms with E-state index in [0.29, 0.717) is 19.3 Å². The van der Waals surface area contributed by atoms with E-state index < -0.39 is 6.10 Å². The van der Waals surface area contributed by atoms with Crippen LogP contribution in [0.15, 0.2) is 0 Å². The van der Waals surface area contributed by atoms with Gasteiger partial charge in [-0.25, -0.2) is 0 Å². The summed E-state index contributed by atoms with van der Waals surface area (Å²) < 4.78 is 16.7. The Hall–Kier alpha value is -1.59. The number of carbonyl (C=O) groups excluding carboxylic acids is 3. The lowest BCUT2D eigenvalue weighted by Crippen LogP contribution is -2.30. The first-order valence-corrected chi connectivity index (χ1v) is 24.7. The van der Waals surface area contributed by atoms with E-state index in [1.807, 2.05) is 0 Å². The molecule has 0 heterocycles. The maximum absolute atomic E-state index is 12.6. The van der Waals surface area contributed by atoms with Gasteiger partial charge in [-0.05, 0) is 31.1 Å². The molecule has 0 spiro atoms. The first-order valence-electron chi connectivity index (χ1n) is 24.7. The Bertz CT molecular complexity index is 854. The van der Waals surface area contributed by atoms with Crippen molar-refractivity contribution in [2.24, 2.45) is 11.8 Å². The Balaban J connectivity index is 4.19. The second kappa shape index (κ2) is 43.0. The summed E-state index contributed by atoms with van der Waals surface area (Å²) >= 11 is 0. The van der Waals surface area contributed by atoms with Crippen LogP contribution < -0.4 is 0 Å². The second-order valence-electron chi connectivity index (χ2n) is 18.1. The highest BCUT2D eigenvalue weighted by Crippen LogP contribution is 2.17. The van der Waals surface area contributed by atoms with Gasteiger partial charge in [0.05, 0.1) is 0 Å². The molecule has 1 atom stereocenters. The molecule has 0 aromatic heterocycles. The Kier molecular flexibility index (Phi) is 41.8. The molecule has 0 N–H and O–H groups in total. The van der Waals surface area contributed by atoms with Crippen LogP contribution in [-0.2, 0) is 28.6 Å². The quantitative estimate of drug-likeness (QED) is 0.0347. The zero-order valence-electron chi connectivity index (χ0n) is 38.3. The highest BCUT2D eigenvalue weighted by atomic mass is 16.6. The molecular formula is C50H96O6. The Labute approximate surface area is 348 Å². The zero-order valence-corrected chi connectivity index (χ0v) is 38.3. The van der Waals surface area contributed by atoms with Crippen LogP contribution in [-0.4, -0.2) is 37.2 Å². The van der Waals surface area contributed by atoms with Crippen molar-refractivity contribution < 1.29 is 28.6 Å². The van der Waals surface area contributed by atoms with Gasteiger partial charge in [-0.15, -0.1) is 0 Å². The molecule has 0 amide bonds. The van der Waals surface area contributed by atoms with Crippen LogP contribution in [0.3, 0.4) is 0 Å². The summed E-state index contributed by atoms with van der Waals surface area (Å²) in [5.74, 6) is 0.816. The van der Waals surface area contributed by atoms with E-state index in [-0.39, 0.29) is 31.1 Å². The number of esters is 3. The lowest BCUT2D eigenvalue weighted by molar-refractivity contribution is -0.167. The molecule has 0 fully saturated rings. The van der Waals surface area contributed by atoms with Gasteiger partial charge < -0.3 is 14.2 Å². The van der Waals surface area contributed by atoms with Crippen molar-refractivity contribution in [3.8, 4) is 0 Å². The second-order valence-corrected chi connectivity index (χ2v) is 18.1. The van der Waals surface area contributed by atoms with Crippen molar-refractivity contribution in [1.82, 2.24) is 0 Å². The molecule has 0 aliphatic heterocycles. The molecule has 0 unspecified atom stereocenters. The summed E-state index contributed by atoms with van der Waals surface area (Å²) in [5.41, 5.74) is 0. The smallest absolute Gasteiger partial charge is 0.306 e. The van der Waals surface area contributed by atoms with E-state index in [9.17, 15) is 14.4 Å². The van der Waals surface area contributed by atoms with Crippen molar-refractivity contribution in [3.05, 3.63) is 0 Å². The Morgan fingerprint density at radius 3 is 0.875 bits per heavy atom.